The first kappa shape index (κ1) is 16.9. The van der Waals surface area contributed by atoms with Crippen LogP contribution in [0.5, 0.6) is 0 Å². The molecule has 0 saturated heterocycles. The normalized spacial score (nSPS) is 11.9. The third kappa shape index (κ3) is 10.0. The highest BCUT2D eigenvalue weighted by molar-refractivity contribution is 5.82. The number of amides is 1. The maximum absolute atomic E-state index is 11.3. The fourth-order valence-electron chi connectivity index (χ4n) is 0.998. The van der Waals surface area contributed by atoms with E-state index in [-0.39, 0.29) is 25.2 Å². The number of ether oxygens (including phenoxy) is 3. The van der Waals surface area contributed by atoms with Crippen molar-refractivity contribution in [3.8, 4) is 0 Å². The molecule has 0 spiro atoms. The molecule has 0 radical (unpaired) electrons. The van der Waals surface area contributed by atoms with Gasteiger partial charge in [0.2, 0.25) is 5.91 Å². The minimum absolute atomic E-state index is 0.0797. The van der Waals surface area contributed by atoms with Gasteiger partial charge in [0.05, 0.1) is 19.3 Å². The van der Waals surface area contributed by atoms with Crippen molar-refractivity contribution in [1.82, 2.24) is 5.32 Å². The van der Waals surface area contributed by atoms with E-state index in [2.05, 4.69) is 5.32 Å². The maximum atomic E-state index is 11.3. The lowest BCUT2D eigenvalue weighted by molar-refractivity contribution is -0.148. The van der Waals surface area contributed by atoms with Gasteiger partial charge in [-0.15, -0.1) is 0 Å². The summed E-state index contributed by atoms with van der Waals surface area (Å²) in [5.74, 6) is -0.778. The lowest BCUT2D eigenvalue weighted by Crippen LogP contribution is -2.34. The number of rotatable bonds is 10. The van der Waals surface area contributed by atoms with Crippen molar-refractivity contribution >= 4 is 11.9 Å². The molecule has 0 aliphatic carbocycles. The van der Waals surface area contributed by atoms with Crippen LogP contribution in [-0.4, -0.2) is 51.0 Å². The Morgan fingerprint density at radius 2 is 1.83 bits per heavy atom. The quantitative estimate of drug-likeness (QED) is 0.458. The predicted octanol–water partition coefficient (Wildman–Crippen LogP) is 0.497. The fraction of sp³-hybridized carbons (Fsp3) is 0.833. The Labute approximate surface area is 108 Å². The standard InChI is InChI=1S/C12H23NO5/c1-4-10(3)18-12(15)8-13-11(14)9-17-7-6-16-5-2/h10H,4-9H2,1-3H3,(H,13,14). The largest absolute Gasteiger partial charge is 0.461 e. The number of carbonyl (C=O) groups excluding carboxylic acids is 2. The summed E-state index contributed by atoms with van der Waals surface area (Å²) in [6, 6.07) is 0. The minimum atomic E-state index is -0.438. The molecule has 0 fully saturated rings. The van der Waals surface area contributed by atoms with Gasteiger partial charge in [0.15, 0.2) is 0 Å². The molecule has 1 N–H and O–H groups in total. The van der Waals surface area contributed by atoms with Crippen molar-refractivity contribution in [2.45, 2.75) is 33.3 Å². The molecule has 1 unspecified atom stereocenters. The average molecular weight is 261 g/mol. The van der Waals surface area contributed by atoms with Crippen LogP contribution in [0.3, 0.4) is 0 Å². The van der Waals surface area contributed by atoms with Crippen LogP contribution in [0.1, 0.15) is 27.2 Å². The first-order valence-corrected chi connectivity index (χ1v) is 6.21. The second-order valence-electron chi connectivity index (χ2n) is 3.73. The van der Waals surface area contributed by atoms with E-state index in [0.29, 0.717) is 19.8 Å². The lowest BCUT2D eigenvalue weighted by atomic mass is 10.3. The smallest absolute Gasteiger partial charge is 0.325 e. The maximum Gasteiger partial charge on any atom is 0.325 e. The van der Waals surface area contributed by atoms with Crippen LogP contribution in [0.15, 0.2) is 0 Å². The number of nitrogens with one attached hydrogen (secondary N) is 1. The van der Waals surface area contributed by atoms with E-state index in [1.54, 1.807) is 6.92 Å². The molecule has 1 amide bonds. The molecule has 0 aromatic heterocycles. The molecule has 1 atom stereocenters. The summed E-state index contributed by atoms with van der Waals surface area (Å²) >= 11 is 0. The highest BCUT2D eigenvalue weighted by Gasteiger charge is 2.09. The molecule has 0 heterocycles. The predicted molar refractivity (Wildman–Crippen MR) is 66.2 cm³/mol. The van der Waals surface area contributed by atoms with Crippen LogP contribution >= 0.6 is 0 Å². The van der Waals surface area contributed by atoms with E-state index in [1.165, 1.54) is 0 Å². The number of carbonyl (C=O) groups is 2. The molecule has 0 rings (SSSR count). The number of hydrogen-bond donors (Lipinski definition) is 1. The Balaban J connectivity index is 3.49. The van der Waals surface area contributed by atoms with E-state index in [1.807, 2.05) is 13.8 Å². The zero-order valence-electron chi connectivity index (χ0n) is 11.4. The van der Waals surface area contributed by atoms with E-state index >= 15 is 0 Å². The molecule has 0 aromatic carbocycles. The Morgan fingerprint density at radius 3 is 2.44 bits per heavy atom. The lowest BCUT2D eigenvalue weighted by Gasteiger charge is -2.11. The van der Waals surface area contributed by atoms with Gasteiger partial charge in [-0.2, -0.15) is 0 Å². The topological polar surface area (TPSA) is 73.9 Å². The third-order valence-electron chi connectivity index (χ3n) is 2.15. The third-order valence-corrected chi connectivity index (χ3v) is 2.15. The summed E-state index contributed by atoms with van der Waals surface area (Å²) in [4.78, 5) is 22.5. The van der Waals surface area contributed by atoms with E-state index in [9.17, 15) is 9.59 Å². The second kappa shape index (κ2) is 11.0. The molecular formula is C12H23NO5. The molecule has 106 valence electrons. The summed E-state index contributed by atoms with van der Waals surface area (Å²) in [6.07, 6.45) is 0.622. The second-order valence-corrected chi connectivity index (χ2v) is 3.73. The van der Waals surface area contributed by atoms with Crippen LogP contribution in [-0.2, 0) is 23.8 Å². The van der Waals surface area contributed by atoms with E-state index < -0.39 is 5.97 Å². The zero-order valence-corrected chi connectivity index (χ0v) is 11.4. The van der Waals surface area contributed by atoms with Crippen molar-refractivity contribution in [2.24, 2.45) is 0 Å². The van der Waals surface area contributed by atoms with Crippen LogP contribution in [0.4, 0.5) is 0 Å². The van der Waals surface area contributed by atoms with Crippen molar-refractivity contribution in [3.05, 3.63) is 0 Å². The summed E-state index contributed by atoms with van der Waals surface area (Å²) in [6.45, 7) is 6.84. The van der Waals surface area contributed by atoms with Gasteiger partial charge in [0, 0.05) is 6.61 Å². The van der Waals surface area contributed by atoms with E-state index in [4.69, 9.17) is 14.2 Å². The van der Waals surface area contributed by atoms with Crippen molar-refractivity contribution in [1.29, 1.82) is 0 Å². The summed E-state index contributed by atoms with van der Waals surface area (Å²) in [5.41, 5.74) is 0. The number of hydrogen-bond acceptors (Lipinski definition) is 5. The fourth-order valence-corrected chi connectivity index (χ4v) is 0.998. The summed E-state index contributed by atoms with van der Waals surface area (Å²) < 4.78 is 15.1. The Morgan fingerprint density at radius 1 is 1.17 bits per heavy atom. The number of esters is 1. The van der Waals surface area contributed by atoms with E-state index in [0.717, 1.165) is 6.42 Å². The minimum Gasteiger partial charge on any atom is -0.461 e. The highest BCUT2D eigenvalue weighted by atomic mass is 16.5. The molecule has 18 heavy (non-hydrogen) atoms. The molecular weight excluding hydrogens is 238 g/mol. The average Bonchev–Trinajstić information content (AvgIpc) is 2.36. The SMILES string of the molecule is CCOCCOCC(=O)NCC(=O)OC(C)CC. The Kier molecular flexibility index (Phi) is 10.3. The Bertz CT molecular complexity index is 245. The van der Waals surface area contributed by atoms with Crippen LogP contribution in [0.25, 0.3) is 0 Å². The van der Waals surface area contributed by atoms with Gasteiger partial charge in [-0.25, -0.2) is 0 Å². The van der Waals surface area contributed by atoms with Gasteiger partial charge in [-0.1, -0.05) is 6.92 Å². The molecule has 0 saturated carbocycles. The molecule has 0 aromatic rings. The first-order valence-electron chi connectivity index (χ1n) is 6.21. The van der Waals surface area contributed by atoms with Gasteiger partial charge < -0.3 is 19.5 Å². The molecule has 0 aliphatic heterocycles. The van der Waals surface area contributed by atoms with Crippen LogP contribution in [0, 0.1) is 0 Å². The monoisotopic (exact) mass is 261 g/mol. The molecule has 0 aliphatic rings. The van der Waals surface area contributed by atoms with Gasteiger partial charge in [-0.3, -0.25) is 9.59 Å². The molecule has 6 heteroatoms. The van der Waals surface area contributed by atoms with Crippen LogP contribution < -0.4 is 5.32 Å². The summed E-state index contributed by atoms with van der Waals surface area (Å²) in [7, 11) is 0. The van der Waals surface area contributed by atoms with Crippen molar-refractivity contribution < 1.29 is 23.8 Å². The van der Waals surface area contributed by atoms with Crippen molar-refractivity contribution in [2.75, 3.05) is 33.0 Å². The molecule has 6 nitrogen and oxygen atoms in total. The summed E-state index contributed by atoms with van der Waals surface area (Å²) in [5, 5.41) is 2.42. The van der Waals surface area contributed by atoms with Gasteiger partial charge in [-0.05, 0) is 20.3 Å². The molecule has 0 bridgehead atoms. The first-order chi connectivity index (χ1) is 8.60. The van der Waals surface area contributed by atoms with Gasteiger partial charge >= 0.3 is 5.97 Å². The van der Waals surface area contributed by atoms with Crippen molar-refractivity contribution in [3.63, 3.8) is 0 Å². The highest BCUT2D eigenvalue weighted by Crippen LogP contribution is 1.95. The Hall–Kier alpha value is -1.14. The van der Waals surface area contributed by atoms with Crippen LogP contribution in [0.2, 0.25) is 0 Å². The van der Waals surface area contributed by atoms with Gasteiger partial charge in [0.25, 0.3) is 0 Å². The zero-order chi connectivity index (χ0) is 13.8. The van der Waals surface area contributed by atoms with Gasteiger partial charge in [0.1, 0.15) is 13.2 Å².